The molecule has 0 aliphatic carbocycles. The van der Waals surface area contributed by atoms with Gasteiger partial charge in [-0.25, -0.2) is 9.67 Å². The number of nitrogens with one attached hydrogen (secondary N) is 1. The van der Waals surface area contributed by atoms with E-state index >= 15 is 0 Å². The molecule has 21 heavy (non-hydrogen) atoms. The third-order valence-corrected chi connectivity index (χ3v) is 2.99. The Labute approximate surface area is 121 Å². The van der Waals surface area contributed by atoms with Crippen LogP contribution in [0.25, 0.3) is 5.69 Å². The van der Waals surface area contributed by atoms with Gasteiger partial charge in [-0.3, -0.25) is 9.78 Å². The van der Waals surface area contributed by atoms with Gasteiger partial charge in [-0.1, -0.05) is 12.1 Å². The van der Waals surface area contributed by atoms with Crippen molar-refractivity contribution in [1.29, 1.82) is 0 Å². The van der Waals surface area contributed by atoms with Crippen molar-refractivity contribution in [3.05, 3.63) is 66.5 Å². The molecule has 0 fully saturated rings. The Bertz CT molecular complexity index is 750. The van der Waals surface area contributed by atoms with Crippen molar-refractivity contribution >= 4 is 11.6 Å². The van der Waals surface area contributed by atoms with E-state index in [9.17, 15) is 4.79 Å². The van der Waals surface area contributed by atoms with Crippen molar-refractivity contribution < 1.29 is 4.79 Å². The third-order valence-electron chi connectivity index (χ3n) is 2.99. The van der Waals surface area contributed by atoms with Crippen LogP contribution in [-0.2, 0) is 0 Å². The lowest BCUT2D eigenvalue weighted by Crippen LogP contribution is -2.14. The summed E-state index contributed by atoms with van der Waals surface area (Å²) in [6.45, 7) is 1.88. The van der Waals surface area contributed by atoms with E-state index in [1.165, 1.54) is 6.33 Å². The fourth-order valence-electron chi connectivity index (χ4n) is 1.91. The van der Waals surface area contributed by atoms with Gasteiger partial charge in [0.2, 0.25) is 0 Å². The van der Waals surface area contributed by atoms with Gasteiger partial charge in [0.25, 0.3) is 5.91 Å². The molecule has 2 heterocycles. The van der Waals surface area contributed by atoms with E-state index in [0.29, 0.717) is 11.3 Å². The summed E-state index contributed by atoms with van der Waals surface area (Å²) in [5.74, 6) is -0.213. The molecule has 1 amide bonds. The smallest absolute Gasteiger partial charge is 0.257 e. The number of carbonyl (C=O) groups excluding carboxylic acids is 1. The first kappa shape index (κ1) is 13.0. The van der Waals surface area contributed by atoms with Crippen molar-refractivity contribution in [2.75, 3.05) is 5.32 Å². The van der Waals surface area contributed by atoms with Crippen LogP contribution in [0.2, 0.25) is 0 Å². The van der Waals surface area contributed by atoms with E-state index in [0.717, 1.165) is 11.4 Å². The molecule has 3 aromatic rings. The summed E-state index contributed by atoms with van der Waals surface area (Å²) in [7, 11) is 0. The number of aromatic nitrogens is 4. The van der Waals surface area contributed by atoms with Gasteiger partial charge in [0, 0.05) is 11.9 Å². The Hall–Kier alpha value is -3.02. The van der Waals surface area contributed by atoms with Crippen LogP contribution < -0.4 is 5.32 Å². The first-order chi connectivity index (χ1) is 10.2. The molecule has 0 saturated heterocycles. The Morgan fingerprint density at radius 1 is 1.19 bits per heavy atom. The lowest BCUT2D eigenvalue weighted by molar-refractivity contribution is 0.102. The van der Waals surface area contributed by atoms with Gasteiger partial charge in [-0.05, 0) is 31.2 Å². The molecule has 0 saturated carbocycles. The van der Waals surface area contributed by atoms with Gasteiger partial charge in [0.15, 0.2) is 0 Å². The zero-order chi connectivity index (χ0) is 14.7. The molecule has 0 aliphatic rings. The zero-order valence-corrected chi connectivity index (χ0v) is 11.4. The van der Waals surface area contributed by atoms with Crippen LogP contribution in [-0.4, -0.2) is 25.7 Å². The first-order valence-electron chi connectivity index (χ1n) is 6.42. The minimum atomic E-state index is -0.213. The summed E-state index contributed by atoms with van der Waals surface area (Å²) in [5.41, 5.74) is 2.79. The summed E-state index contributed by atoms with van der Waals surface area (Å²) < 4.78 is 1.60. The van der Waals surface area contributed by atoms with E-state index in [-0.39, 0.29) is 5.91 Å². The number of rotatable bonds is 3. The molecule has 3 rings (SSSR count). The van der Waals surface area contributed by atoms with E-state index in [4.69, 9.17) is 0 Å². The molecule has 0 unspecified atom stereocenters. The van der Waals surface area contributed by atoms with Gasteiger partial charge in [-0.2, -0.15) is 5.10 Å². The number of hydrogen-bond acceptors (Lipinski definition) is 4. The van der Waals surface area contributed by atoms with Crippen LogP contribution in [0.4, 0.5) is 5.69 Å². The van der Waals surface area contributed by atoms with E-state index < -0.39 is 0 Å². The molecular formula is C15H13N5O. The lowest BCUT2D eigenvalue weighted by atomic mass is 10.2. The van der Waals surface area contributed by atoms with Crippen LogP contribution in [0.5, 0.6) is 0 Å². The SMILES string of the molecule is Cc1ccc(C(=O)Nc2ccccc2-n2cncn2)cn1. The number of pyridine rings is 1. The predicted molar refractivity (Wildman–Crippen MR) is 78.3 cm³/mol. The summed E-state index contributed by atoms with van der Waals surface area (Å²) in [6, 6.07) is 11.0. The maximum atomic E-state index is 12.3. The minimum Gasteiger partial charge on any atom is -0.320 e. The van der Waals surface area contributed by atoms with Crippen LogP contribution in [0.3, 0.4) is 0 Å². The van der Waals surface area contributed by atoms with Gasteiger partial charge >= 0.3 is 0 Å². The minimum absolute atomic E-state index is 0.213. The maximum absolute atomic E-state index is 12.3. The highest BCUT2D eigenvalue weighted by atomic mass is 16.1. The van der Waals surface area contributed by atoms with Crippen LogP contribution >= 0.6 is 0 Å². The quantitative estimate of drug-likeness (QED) is 0.798. The molecule has 6 heteroatoms. The number of nitrogens with zero attached hydrogens (tertiary/aromatic N) is 4. The number of para-hydroxylation sites is 2. The topological polar surface area (TPSA) is 72.7 Å². The molecule has 6 nitrogen and oxygen atoms in total. The maximum Gasteiger partial charge on any atom is 0.257 e. The molecule has 0 bridgehead atoms. The van der Waals surface area contributed by atoms with Crippen LogP contribution in [0.1, 0.15) is 16.1 Å². The Balaban J connectivity index is 1.88. The average Bonchev–Trinajstić information content (AvgIpc) is 3.02. The number of carbonyl (C=O) groups is 1. The Morgan fingerprint density at radius 3 is 2.76 bits per heavy atom. The van der Waals surface area contributed by atoms with Gasteiger partial charge < -0.3 is 5.32 Å². The first-order valence-corrected chi connectivity index (χ1v) is 6.42. The fraction of sp³-hybridized carbons (Fsp3) is 0.0667. The van der Waals surface area contributed by atoms with E-state index in [1.54, 1.807) is 29.3 Å². The van der Waals surface area contributed by atoms with Crippen LogP contribution in [0, 0.1) is 6.92 Å². The standard InChI is InChI=1S/C15H13N5O/c1-11-6-7-12(8-17-11)15(21)19-13-4-2-3-5-14(13)20-10-16-9-18-20/h2-10H,1H3,(H,19,21). The number of benzene rings is 1. The van der Waals surface area contributed by atoms with Crippen molar-refractivity contribution in [3.8, 4) is 5.69 Å². The highest BCUT2D eigenvalue weighted by molar-refractivity contribution is 6.05. The zero-order valence-electron chi connectivity index (χ0n) is 11.4. The number of anilines is 1. The molecule has 1 aromatic carbocycles. The summed E-state index contributed by atoms with van der Waals surface area (Å²) >= 11 is 0. The summed E-state index contributed by atoms with van der Waals surface area (Å²) in [5, 5.41) is 6.95. The molecule has 0 atom stereocenters. The van der Waals surface area contributed by atoms with Gasteiger partial charge in [0.1, 0.15) is 12.7 Å². The summed E-state index contributed by atoms with van der Waals surface area (Å²) in [6.07, 6.45) is 4.59. The molecule has 0 aliphatic heterocycles. The van der Waals surface area contributed by atoms with Gasteiger partial charge in [0.05, 0.1) is 16.9 Å². The molecule has 104 valence electrons. The van der Waals surface area contributed by atoms with Crippen molar-refractivity contribution in [2.24, 2.45) is 0 Å². The number of hydrogen-bond donors (Lipinski definition) is 1. The van der Waals surface area contributed by atoms with Crippen molar-refractivity contribution in [3.63, 3.8) is 0 Å². The molecule has 2 aromatic heterocycles. The molecule has 0 radical (unpaired) electrons. The Morgan fingerprint density at radius 2 is 2.05 bits per heavy atom. The van der Waals surface area contributed by atoms with E-state index in [2.05, 4.69) is 20.4 Å². The molecule has 1 N–H and O–H groups in total. The van der Waals surface area contributed by atoms with Crippen molar-refractivity contribution in [2.45, 2.75) is 6.92 Å². The number of aryl methyl sites for hydroxylation is 1. The predicted octanol–water partition coefficient (Wildman–Crippen LogP) is 2.22. The second kappa shape index (κ2) is 5.54. The third kappa shape index (κ3) is 2.79. The number of amides is 1. The van der Waals surface area contributed by atoms with E-state index in [1.807, 2.05) is 31.2 Å². The van der Waals surface area contributed by atoms with Crippen molar-refractivity contribution in [1.82, 2.24) is 19.7 Å². The molecular weight excluding hydrogens is 266 g/mol. The van der Waals surface area contributed by atoms with Gasteiger partial charge in [-0.15, -0.1) is 0 Å². The Kier molecular flexibility index (Phi) is 3.42. The second-order valence-electron chi connectivity index (χ2n) is 4.50. The molecule has 0 spiro atoms. The summed E-state index contributed by atoms with van der Waals surface area (Å²) in [4.78, 5) is 20.3. The second-order valence-corrected chi connectivity index (χ2v) is 4.50. The fourth-order valence-corrected chi connectivity index (χ4v) is 1.91. The highest BCUT2D eigenvalue weighted by Gasteiger charge is 2.10. The lowest BCUT2D eigenvalue weighted by Gasteiger charge is -2.10. The largest absolute Gasteiger partial charge is 0.320 e. The normalized spacial score (nSPS) is 10.3. The van der Waals surface area contributed by atoms with Crippen LogP contribution in [0.15, 0.2) is 55.2 Å². The highest BCUT2D eigenvalue weighted by Crippen LogP contribution is 2.19. The average molecular weight is 279 g/mol. The monoisotopic (exact) mass is 279 g/mol.